The van der Waals surface area contributed by atoms with Crippen molar-refractivity contribution >= 4 is 7.54 Å². The van der Waals surface area contributed by atoms with Gasteiger partial charge in [-0.05, 0) is 25.0 Å². The Hall–Kier alpha value is -0.995. The molecule has 1 rings (SSSR count). The van der Waals surface area contributed by atoms with Crippen LogP contribution < -0.4 is 0 Å². The second kappa shape index (κ2) is 7.64. The third kappa shape index (κ3) is 8.91. The Kier molecular flexibility index (Phi) is 8.54. The molecular formula is C8H11BF4. The van der Waals surface area contributed by atoms with Crippen LogP contribution in [0.3, 0.4) is 0 Å². The highest BCUT2D eigenvalue weighted by atomic mass is 19.4. The highest BCUT2D eigenvalue weighted by Crippen LogP contribution is 2.02. The molecule has 0 radical (unpaired) electrons. The van der Waals surface area contributed by atoms with Crippen LogP contribution in [-0.4, -0.2) is 7.54 Å². The molecule has 13 heavy (non-hydrogen) atoms. The first-order valence-electron chi connectivity index (χ1n) is 3.48. The first kappa shape index (κ1) is 14.5. The molecule has 5 heteroatoms. The van der Waals surface area contributed by atoms with Crippen molar-refractivity contribution in [2.45, 2.75) is 13.8 Å². The molecule has 0 saturated carbocycles. The first-order chi connectivity index (χ1) is 5.54. The number of benzene rings is 1. The minimum atomic E-state index is -3.67. The molecule has 0 unspecified atom stereocenters. The van der Waals surface area contributed by atoms with Gasteiger partial charge in [-0.1, -0.05) is 24.3 Å². The molecule has 1 aromatic rings. The summed E-state index contributed by atoms with van der Waals surface area (Å²) in [5.41, 5.74) is 2.74. The number of hydrogen-bond acceptors (Lipinski definition) is 0. The van der Waals surface area contributed by atoms with E-state index in [9.17, 15) is 12.9 Å². The molecule has 0 aliphatic heterocycles. The normalized spacial score (nSPS) is 7.77. The van der Waals surface area contributed by atoms with Gasteiger partial charge in [0, 0.05) is 0 Å². The fourth-order valence-corrected chi connectivity index (χ4v) is 0.663. The molecule has 0 aliphatic carbocycles. The summed E-state index contributed by atoms with van der Waals surface area (Å²) in [7, 11) is -3.67. The van der Waals surface area contributed by atoms with Crippen LogP contribution in [0, 0.1) is 13.8 Å². The predicted octanol–water partition coefficient (Wildman–Crippen LogP) is 3.34. The second-order valence-electron chi connectivity index (χ2n) is 2.33. The maximum absolute atomic E-state index is 9.67. The first-order valence-corrected chi connectivity index (χ1v) is 3.48. The fraction of sp³-hybridized carbons (Fsp3) is 0.250. The molecule has 0 heterocycles. The number of rotatable bonds is 0. The van der Waals surface area contributed by atoms with E-state index in [2.05, 4.69) is 38.1 Å². The average Bonchev–Trinajstić information content (AvgIpc) is 1.94. The van der Waals surface area contributed by atoms with E-state index in [4.69, 9.17) is 0 Å². The van der Waals surface area contributed by atoms with Crippen molar-refractivity contribution in [3.8, 4) is 0 Å². The third-order valence-corrected chi connectivity index (χ3v) is 1.43. The number of aryl methyl sites for hydroxylation is 2. The van der Waals surface area contributed by atoms with Gasteiger partial charge >= 0.3 is 7.54 Å². The van der Waals surface area contributed by atoms with Gasteiger partial charge in [0.25, 0.3) is 0 Å². The van der Waals surface area contributed by atoms with Crippen LogP contribution in [0.15, 0.2) is 24.3 Å². The van der Waals surface area contributed by atoms with Crippen molar-refractivity contribution in [1.82, 2.24) is 0 Å². The van der Waals surface area contributed by atoms with Gasteiger partial charge in [-0.2, -0.15) is 0 Å². The van der Waals surface area contributed by atoms with E-state index in [0.717, 1.165) is 0 Å². The summed E-state index contributed by atoms with van der Waals surface area (Å²) < 4.78 is 29.0. The van der Waals surface area contributed by atoms with E-state index in [1.807, 2.05) is 0 Å². The molecule has 0 saturated heterocycles. The zero-order valence-corrected chi connectivity index (χ0v) is 7.43. The molecule has 0 bridgehead atoms. The Morgan fingerprint density at radius 1 is 0.923 bits per heavy atom. The molecule has 0 amide bonds. The van der Waals surface area contributed by atoms with Crippen LogP contribution in [0.25, 0.3) is 0 Å². The van der Waals surface area contributed by atoms with E-state index in [-0.39, 0.29) is 4.70 Å². The van der Waals surface area contributed by atoms with Gasteiger partial charge in [-0.15, -0.1) is 0 Å². The lowest BCUT2D eigenvalue weighted by molar-refractivity contribution is 0.535. The summed E-state index contributed by atoms with van der Waals surface area (Å²) >= 11 is 0. The highest BCUT2D eigenvalue weighted by Gasteiger charge is 2.06. The summed E-state index contributed by atoms with van der Waals surface area (Å²) in [6.07, 6.45) is 0. The molecule has 0 spiro atoms. The zero-order chi connectivity index (χ0) is 9.56. The number of hydrogen-bond donors (Lipinski definition) is 0. The number of halogens is 4. The van der Waals surface area contributed by atoms with E-state index < -0.39 is 7.54 Å². The van der Waals surface area contributed by atoms with Crippen LogP contribution in [0.1, 0.15) is 11.1 Å². The monoisotopic (exact) mass is 194 g/mol. The summed E-state index contributed by atoms with van der Waals surface area (Å²) in [5.74, 6) is 0. The van der Waals surface area contributed by atoms with Crippen LogP contribution in [-0.2, 0) is 0 Å². The molecular weight excluding hydrogens is 183 g/mol. The van der Waals surface area contributed by atoms with Gasteiger partial charge in [-0.3, -0.25) is 17.7 Å². The largest absolute Gasteiger partial charge is 0.762 e. The maximum atomic E-state index is 9.67. The van der Waals surface area contributed by atoms with Gasteiger partial charge in [0.05, 0.1) is 0 Å². The third-order valence-electron chi connectivity index (χ3n) is 1.43. The summed E-state index contributed by atoms with van der Waals surface area (Å²) in [6.45, 7) is 4.24. The highest BCUT2D eigenvalue weighted by molar-refractivity contribution is 6.33. The van der Waals surface area contributed by atoms with Crippen LogP contribution in [0.4, 0.5) is 17.7 Å². The lowest BCUT2D eigenvalue weighted by Crippen LogP contribution is -1.76. The fourth-order valence-electron chi connectivity index (χ4n) is 0.663. The van der Waals surface area contributed by atoms with Gasteiger partial charge in [-0.25, -0.2) is 0 Å². The molecule has 1 aromatic carbocycles. The van der Waals surface area contributed by atoms with Gasteiger partial charge < -0.3 is 0 Å². The molecule has 0 fully saturated rings. The van der Waals surface area contributed by atoms with Crippen molar-refractivity contribution in [3.63, 3.8) is 0 Å². The minimum absolute atomic E-state index is 0. The Balaban J connectivity index is 0. The van der Waals surface area contributed by atoms with Gasteiger partial charge in [0.2, 0.25) is 0 Å². The van der Waals surface area contributed by atoms with Crippen LogP contribution in [0.2, 0.25) is 0 Å². The molecule has 0 aromatic heterocycles. The standard InChI is InChI=1S/C8H10.BF3.FH/c1-7-5-3-4-6-8(7)2;2-1(3)4;/h3-6H,1-2H3;;1H. The topological polar surface area (TPSA) is 0 Å². The Labute approximate surface area is 75.4 Å². The predicted molar refractivity (Wildman–Crippen MR) is 47.5 cm³/mol. The summed E-state index contributed by atoms with van der Waals surface area (Å²) in [6, 6.07) is 8.36. The van der Waals surface area contributed by atoms with Gasteiger partial charge in [0.15, 0.2) is 0 Å². The second-order valence-corrected chi connectivity index (χ2v) is 2.33. The van der Waals surface area contributed by atoms with E-state index in [1.54, 1.807) is 0 Å². The van der Waals surface area contributed by atoms with E-state index in [1.165, 1.54) is 11.1 Å². The van der Waals surface area contributed by atoms with Gasteiger partial charge in [0.1, 0.15) is 0 Å². The lowest BCUT2D eigenvalue weighted by Gasteiger charge is -1.93. The summed E-state index contributed by atoms with van der Waals surface area (Å²) in [4.78, 5) is 0. The minimum Gasteiger partial charge on any atom is -0.269 e. The molecule has 74 valence electrons. The van der Waals surface area contributed by atoms with Crippen molar-refractivity contribution < 1.29 is 17.7 Å². The smallest absolute Gasteiger partial charge is 0.269 e. The van der Waals surface area contributed by atoms with Crippen molar-refractivity contribution in [2.75, 3.05) is 0 Å². The van der Waals surface area contributed by atoms with Crippen molar-refractivity contribution in [1.29, 1.82) is 0 Å². The molecule has 0 atom stereocenters. The van der Waals surface area contributed by atoms with Crippen molar-refractivity contribution in [3.05, 3.63) is 35.4 Å². The van der Waals surface area contributed by atoms with Crippen molar-refractivity contribution in [2.24, 2.45) is 0 Å². The Bertz CT molecular complexity index is 203. The van der Waals surface area contributed by atoms with E-state index >= 15 is 0 Å². The van der Waals surface area contributed by atoms with E-state index in [0.29, 0.717) is 0 Å². The van der Waals surface area contributed by atoms with Crippen LogP contribution >= 0.6 is 0 Å². The SMILES string of the molecule is Cc1ccccc1C.F.FB(F)F. The zero-order valence-electron chi connectivity index (χ0n) is 7.43. The quantitative estimate of drug-likeness (QED) is 0.438. The average molecular weight is 194 g/mol. The lowest BCUT2D eigenvalue weighted by atomic mass is 10.1. The Morgan fingerprint density at radius 2 is 1.15 bits per heavy atom. The molecule has 0 nitrogen and oxygen atoms in total. The molecule has 0 N–H and O–H groups in total. The Morgan fingerprint density at radius 3 is 1.31 bits per heavy atom. The summed E-state index contributed by atoms with van der Waals surface area (Å²) in [5, 5.41) is 0. The maximum Gasteiger partial charge on any atom is 0.762 e. The van der Waals surface area contributed by atoms with Crippen LogP contribution in [0.5, 0.6) is 0 Å². The molecule has 0 aliphatic rings.